The number of piperazine rings is 1. The smallest absolute Gasteiger partial charge is 0.312 e. The number of benzene rings is 3. The molecule has 406 valence electrons. The van der Waals surface area contributed by atoms with Gasteiger partial charge in [0.05, 0.1) is 47.1 Å². The number of fused-ring (bicyclic) bond motifs is 1. The normalized spacial score (nSPS) is 21.9. The fraction of sp³-hybridized carbons (Fsp3) is 0.456. The minimum atomic E-state index is -4.71. The summed E-state index contributed by atoms with van der Waals surface area (Å²) in [5.74, 6) is 0.466. The first-order chi connectivity index (χ1) is 36.9. The summed E-state index contributed by atoms with van der Waals surface area (Å²) in [7, 11) is -3.01. The van der Waals surface area contributed by atoms with Gasteiger partial charge >= 0.3 is 5.69 Å². The van der Waals surface area contributed by atoms with E-state index in [9.17, 15) is 32.8 Å². The van der Waals surface area contributed by atoms with Crippen molar-refractivity contribution in [2.75, 3.05) is 56.6 Å². The Balaban J connectivity index is 0.789. The minimum Gasteiger partial charge on any atom is -0.493 e. The van der Waals surface area contributed by atoms with Gasteiger partial charge in [-0.3, -0.25) is 24.7 Å². The van der Waals surface area contributed by atoms with E-state index >= 15 is 0 Å². The molecule has 18 nitrogen and oxygen atoms in total. The monoisotopic (exact) mass is 1070 g/mol. The van der Waals surface area contributed by atoms with Gasteiger partial charge < -0.3 is 34.5 Å². The maximum Gasteiger partial charge on any atom is 0.312 e. The van der Waals surface area contributed by atoms with Crippen LogP contribution in [0.2, 0.25) is 0 Å². The number of aliphatic hydroxyl groups is 1. The fourth-order valence-electron chi connectivity index (χ4n) is 11.9. The number of carbonyl (C=O) groups excluding carboxylic acids is 1. The molecule has 3 aromatic carbocycles. The third-order valence-corrected chi connectivity index (χ3v) is 17.7. The second-order valence-corrected chi connectivity index (χ2v) is 24.2. The van der Waals surface area contributed by atoms with Crippen LogP contribution in [-0.4, -0.2) is 113 Å². The van der Waals surface area contributed by atoms with Crippen molar-refractivity contribution >= 4 is 44.2 Å². The van der Waals surface area contributed by atoms with E-state index in [4.69, 9.17) is 14.2 Å². The van der Waals surface area contributed by atoms with Gasteiger partial charge in [0, 0.05) is 87.3 Å². The van der Waals surface area contributed by atoms with Crippen molar-refractivity contribution in [1.29, 1.82) is 0 Å². The van der Waals surface area contributed by atoms with Gasteiger partial charge in [-0.15, -0.1) is 0 Å². The second-order valence-electron chi connectivity index (χ2n) is 22.5. The van der Waals surface area contributed by atoms with E-state index in [0.29, 0.717) is 49.8 Å². The number of nitro groups is 1. The molecule has 11 rings (SSSR count). The van der Waals surface area contributed by atoms with Crippen LogP contribution in [0.15, 0.2) is 96.3 Å². The van der Waals surface area contributed by atoms with Gasteiger partial charge in [-0.25, -0.2) is 27.5 Å². The van der Waals surface area contributed by atoms with Gasteiger partial charge in [-0.05, 0) is 117 Å². The van der Waals surface area contributed by atoms with Crippen LogP contribution in [0, 0.1) is 27.3 Å². The predicted molar refractivity (Wildman–Crippen MR) is 289 cm³/mol. The zero-order valence-electron chi connectivity index (χ0n) is 43.8. The van der Waals surface area contributed by atoms with Gasteiger partial charge in [0.2, 0.25) is 5.82 Å². The SMILES string of the molecule is COc1cc(CN2CCN(C3CC4(C3)CN(c3ccc(C(=O)NS(=O)(=O)c5cnc(NCC6CCC(C)(O)CC6)c([N+](=O)[O-])c5)c(Oc5cnc6[nH]cc(F)c6c5)c3)C4)[C@H](c3ccccc3C(C)C)C2)ccc1OC1CC1. The molecule has 5 fully saturated rings. The van der Waals surface area contributed by atoms with Gasteiger partial charge in [-0.1, -0.05) is 44.2 Å². The molecule has 2 saturated heterocycles. The maximum absolute atomic E-state index is 14.7. The van der Waals surface area contributed by atoms with Gasteiger partial charge in [0.1, 0.15) is 27.9 Å². The van der Waals surface area contributed by atoms with Crippen molar-refractivity contribution in [1.82, 2.24) is 29.5 Å². The molecule has 0 radical (unpaired) electrons. The summed E-state index contributed by atoms with van der Waals surface area (Å²) in [5, 5.41) is 25.7. The first kappa shape index (κ1) is 52.2. The lowest BCUT2D eigenvalue weighted by Gasteiger charge is -2.63. The molecule has 20 heteroatoms. The number of H-pyrrole nitrogens is 1. The van der Waals surface area contributed by atoms with E-state index in [1.807, 2.05) is 6.07 Å². The van der Waals surface area contributed by atoms with Crippen LogP contribution < -0.4 is 29.1 Å². The molecule has 3 aliphatic carbocycles. The molecule has 4 N–H and O–H groups in total. The number of rotatable bonds is 18. The molecular formula is C57H66FN9O9S. The average molecular weight is 1070 g/mol. The van der Waals surface area contributed by atoms with E-state index in [1.54, 1.807) is 26.2 Å². The Bertz CT molecular complexity index is 3310. The van der Waals surface area contributed by atoms with Gasteiger partial charge in [0.25, 0.3) is 15.9 Å². The van der Waals surface area contributed by atoms with Crippen LogP contribution >= 0.6 is 0 Å². The maximum atomic E-state index is 14.7. The van der Waals surface area contributed by atoms with Crippen LogP contribution in [0.25, 0.3) is 11.0 Å². The van der Waals surface area contributed by atoms with Crippen molar-refractivity contribution < 1.29 is 41.8 Å². The number of sulfonamides is 1. The third kappa shape index (κ3) is 11.2. The Morgan fingerprint density at radius 1 is 0.974 bits per heavy atom. The van der Waals surface area contributed by atoms with Gasteiger partial charge in [-0.2, -0.15) is 0 Å². The van der Waals surface area contributed by atoms with Crippen LogP contribution in [0.3, 0.4) is 0 Å². The van der Waals surface area contributed by atoms with Crippen molar-refractivity contribution in [2.45, 2.75) is 113 Å². The number of amides is 1. The lowest BCUT2D eigenvalue weighted by atomic mass is 9.59. The minimum absolute atomic E-state index is 0.00174. The summed E-state index contributed by atoms with van der Waals surface area (Å²) in [5.41, 5.74) is 3.58. The Morgan fingerprint density at radius 3 is 2.49 bits per heavy atom. The number of nitrogens with zero attached hydrogens (tertiary/aromatic N) is 6. The molecule has 6 aromatic rings. The number of ether oxygens (including phenoxy) is 3. The van der Waals surface area contributed by atoms with Gasteiger partial charge in [0.15, 0.2) is 11.5 Å². The molecule has 1 atom stereocenters. The number of hydrogen-bond acceptors (Lipinski definition) is 15. The molecule has 5 aliphatic rings. The summed E-state index contributed by atoms with van der Waals surface area (Å²) >= 11 is 0. The number of halogens is 1. The molecule has 77 heavy (non-hydrogen) atoms. The number of nitrogens with one attached hydrogen (secondary N) is 3. The van der Waals surface area contributed by atoms with Crippen molar-refractivity contribution in [3.05, 3.63) is 130 Å². The standard InChI is InChI=1S/C57H66FN9O9S/c1-35(2)43-7-5-6-8-44(43)49-32-64(31-37-9-14-50(52(21-37)74-4)75-40-11-12-40)19-20-66(49)39-25-57(26-39)33-65(34-57)38-10-13-45(51(22-38)76-41-23-46-47(58)30-62-53(46)60-28-41)55(68)63-77(72,73)42-24-48(67(70)71)54(61-29-42)59-27-36-15-17-56(3,69)18-16-36/h5-10,13-14,21-24,28-30,35-36,39-40,49,69H,11-12,15-20,25-27,31-34H2,1-4H3,(H,59,61)(H,60,62)(H,63,68)/t36?,49-,56?/m0/s1. The number of anilines is 2. The Hall–Kier alpha value is -6.87. The Kier molecular flexibility index (Phi) is 14.1. The lowest BCUT2D eigenvalue weighted by molar-refractivity contribution is -0.384. The van der Waals surface area contributed by atoms with Crippen LogP contribution in [-0.2, 0) is 16.6 Å². The zero-order valence-corrected chi connectivity index (χ0v) is 44.7. The Morgan fingerprint density at radius 2 is 1.75 bits per heavy atom. The fourth-order valence-corrected chi connectivity index (χ4v) is 12.8. The van der Waals surface area contributed by atoms with Crippen molar-refractivity contribution in [2.24, 2.45) is 11.3 Å². The summed E-state index contributed by atoms with van der Waals surface area (Å²) in [6.45, 7) is 11.7. The lowest BCUT2D eigenvalue weighted by Crippen LogP contribution is -2.68. The Labute approximate surface area is 447 Å². The average Bonchev–Trinajstić information content (AvgIpc) is 4.18. The number of aromatic nitrogens is 3. The molecule has 1 amide bonds. The topological polar surface area (TPSA) is 218 Å². The molecule has 1 spiro atoms. The summed E-state index contributed by atoms with van der Waals surface area (Å²) < 4.78 is 62.6. The molecule has 3 aromatic heterocycles. The number of hydrogen-bond donors (Lipinski definition) is 4. The predicted octanol–water partition coefficient (Wildman–Crippen LogP) is 9.47. The molecule has 3 saturated carbocycles. The summed E-state index contributed by atoms with van der Waals surface area (Å²) in [6, 6.07) is 23.0. The molecule has 0 bridgehead atoms. The largest absolute Gasteiger partial charge is 0.493 e. The van der Waals surface area contributed by atoms with Crippen molar-refractivity contribution in [3.63, 3.8) is 0 Å². The van der Waals surface area contributed by atoms with Crippen LogP contribution in [0.4, 0.5) is 21.6 Å². The second kappa shape index (κ2) is 20.8. The van der Waals surface area contributed by atoms with E-state index in [-0.39, 0.29) is 51.7 Å². The molecular weight excluding hydrogens is 1010 g/mol. The molecule has 5 heterocycles. The first-order valence-corrected chi connectivity index (χ1v) is 28.2. The number of methoxy groups -OCH3 is 1. The van der Waals surface area contributed by atoms with E-state index < -0.39 is 42.9 Å². The van der Waals surface area contributed by atoms with E-state index in [0.717, 1.165) is 94.4 Å². The highest BCUT2D eigenvalue weighted by Gasteiger charge is 2.55. The summed E-state index contributed by atoms with van der Waals surface area (Å²) in [6.07, 6.45) is 10.6. The van der Waals surface area contributed by atoms with Crippen molar-refractivity contribution in [3.8, 4) is 23.0 Å². The highest BCUT2D eigenvalue weighted by atomic mass is 32.2. The van der Waals surface area contributed by atoms with Crippen LogP contribution in [0.5, 0.6) is 23.0 Å². The zero-order chi connectivity index (χ0) is 53.8. The first-order valence-electron chi connectivity index (χ1n) is 26.7. The highest BCUT2D eigenvalue weighted by molar-refractivity contribution is 7.90. The molecule has 2 aliphatic heterocycles. The van der Waals surface area contributed by atoms with E-state index in [1.165, 1.54) is 41.2 Å². The number of aromatic amines is 1. The molecule has 0 unspecified atom stereocenters. The number of carbonyl (C=O) groups is 1. The highest BCUT2D eigenvalue weighted by Crippen LogP contribution is 2.54. The summed E-state index contributed by atoms with van der Waals surface area (Å²) in [4.78, 5) is 43.6. The quantitative estimate of drug-likeness (QED) is 0.0466. The van der Waals surface area contributed by atoms with E-state index in [2.05, 4.69) is 89.9 Å². The third-order valence-electron chi connectivity index (χ3n) is 16.4. The number of pyridine rings is 2. The van der Waals surface area contributed by atoms with Crippen LogP contribution in [0.1, 0.15) is 111 Å².